The number of fused-ring (bicyclic) bond motifs is 1. The predicted octanol–water partition coefficient (Wildman–Crippen LogP) is 3.58. The maximum atomic E-state index is 11.7. The van der Waals surface area contributed by atoms with Gasteiger partial charge in [-0.05, 0) is 36.4 Å². The van der Waals surface area contributed by atoms with Gasteiger partial charge in [-0.2, -0.15) is 0 Å². The zero-order chi connectivity index (χ0) is 15.4. The van der Waals surface area contributed by atoms with Crippen LogP contribution in [-0.2, 0) is 4.79 Å². The molecule has 3 aromatic rings. The largest absolute Gasteiger partial charge is 0.484 e. The number of benzene rings is 2. The Balaban J connectivity index is 1.50. The van der Waals surface area contributed by atoms with E-state index in [-0.39, 0.29) is 12.5 Å². The van der Waals surface area contributed by atoms with E-state index in [2.05, 4.69) is 31.8 Å². The molecule has 0 bridgehead atoms. The van der Waals surface area contributed by atoms with Gasteiger partial charge in [0, 0.05) is 4.47 Å². The number of rotatable bonds is 5. The van der Waals surface area contributed by atoms with Gasteiger partial charge >= 0.3 is 0 Å². The number of thiazole rings is 1. The van der Waals surface area contributed by atoms with Crippen molar-refractivity contribution >= 4 is 48.5 Å². The van der Waals surface area contributed by atoms with Gasteiger partial charge in [0.05, 0.1) is 10.2 Å². The standard InChI is InChI=1S/C15H12BrN3O2S/c16-10-5-7-11(8-6-10)21-9-14(20)18-19-15-17-12-3-1-2-4-13(12)22-15/h1-8H,9H2,(H,17,19)(H,18,20). The molecular weight excluding hydrogens is 366 g/mol. The highest BCUT2D eigenvalue weighted by atomic mass is 79.9. The van der Waals surface area contributed by atoms with Crippen molar-refractivity contribution in [2.75, 3.05) is 12.0 Å². The molecule has 0 aliphatic heterocycles. The van der Waals surface area contributed by atoms with E-state index in [1.807, 2.05) is 36.4 Å². The Morgan fingerprint density at radius 3 is 2.73 bits per heavy atom. The molecule has 1 amide bonds. The van der Waals surface area contributed by atoms with E-state index in [0.717, 1.165) is 14.7 Å². The van der Waals surface area contributed by atoms with E-state index in [9.17, 15) is 4.79 Å². The number of halogens is 1. The number of hydrogen-bond donors (Lipinski definition) is 2. The Morgan fingerprint density at radius 2 is 1.95 bits per heavy atom. The minimum Gasteiger partial charge on any atom is -0.484 e. The topological polar surface area (TPSA) is 63.2 Å². The molecule has 0 radical (unpaired) electrons. The van der Waals surface area contributed by atoms with Crippen LogP contribution in [0.2, 0.25) is 0 Å². The molecule has 0 spiro atoms. The van der Waals surface area contributed by atoms with Gasteiger partial charge in [-0.15, -0.1) is 0 Å². The molecule has 7 heteroatoms. The van der Waals surface area contributed by atoms with Crippen LogP contribution < -0.4 is 15.6 Å². The normalized spacial score (nSPS) is 10.4. The zero-order valence-electron chi connectivity index (χ0n) is 11.4. The van der Waals surface area contributed by atoms with Crippen LogP contribution in [0.25, 0.3) is 10.2 Å². The zero-order valence-corrected chi connectivity index (χ0v) is 13.8. The number of carbonyl (C=O) groups excluding carboxylic acids is 1. The van der Waals surface area contributed by atoms with Gasteiger partial charge in [0.2, 0.25) is 5.13 Å². The molecule has 0 aliphatic rings. The molecule has 2 N–H and O–H groups in total. The minimum atomic E-state index is -0.276. The van der Waals surface area contributed by atoms with E-state index in [1.54, 1.807) is 12.1 Å². The Morgan fingerprint density at radius 1 is 1.18 bits per heavy atom. The maximum Gasteiger partial charge on any atom is 0.276 e. The van der Waals surface area contributed by atoms with E-state index in [1.165, 1.54) is 11.3 Å². The summed E-state index contributed by atoms with van der Waals surface area (Å²) < 4.78 is 7.40. The number of para-hydroxylation sites is 1. The number of nitrogens with one attached hydrogen (secondary N) is 2. The van der Waals surface area contributed by atoms with Gasteiger partial charge in [0.1, 0.15) is 5.75 Å². The number of carbonyl (C=O) groups is 1. The molecule has 1 heterocycles. The first-order chi connectivity index (χ1) is 10.7. The maximum absolute atomic E-state index is 11.7. The van der Waals surface area contributed by atoms with Crippen molar-refractivity contribution in [2.24, 2.45) is 0 Å². The number of nitrogens with zero attached hydrogens (tertiary/aromatic N) is 1. The summed E-state index contributed by atoms with van der Waals surface area (Å²) in [4.78, 5) is 16.1. The highest BCUT2D eigenvalue weighted by molar-refractivity contribution is 9.10. The summed E-state index contributed by atoms with van der Waals surface area (Å²) in [5.74, 6) is 0.362. The van der Waals surface area contributed by atoms with Crippen molar-refractivity contribution in [3.8, 4) is 5.75 Å². The van der Waals surface area contributed by atoms with Crippen LogP contribution in [0.4, 0.5) is 5.13 Å². The Hall–Kier alpha value is -2.12. The monoisotopic (exact) mass is 377 g/mol. The Kier molecular flexibility index (Phi) is 4.55. The molecule has 2 aromatic carbocycles. The van der Waals surface area contributed by atoms with Crippen LogP contribution in [-0.4, -0.2) is 17.5 Å². The molecular formula is C15H12BrN3O2S. The van der Waals surface area contributed by atoms with Crippen molar-refractivity contribution in [3.05, 3.63) is 53.0 Å². The first-order valence-corrected chi connectivity index (χ1v) is 8.10. The highest BCUT2D eigenvalue weighted by Gasteiger charge is 2.05. The molecule has 3 rings (SSSR count). The molecule has 112 valence electrons. The van der Waals surface area contributed by atoms with Gasteiger partial charge < -0.3 is 4.74 Å². The summed E-state index contributed by atoms with van der Waals surface area (Å²) in [6.45, 7) is -0.0699. The number of ether oxygens (including phenoxy) is 1. The smallest absolute Gasteiger partial charge is 0.276 e. The third-order valence-corrected chi connectivity index (χ3v) is 4.27. The molecule has 1 aromatic heterocycles. The second-order valence-electron chi connectivity index (χ2n) is 4.40. The average molecular weight is 378 g/mol. The first kappa shape index (κ1) is 14.8. The van der Waals surface area contributed by atoms with Gasteiger partial charge in [0.25, 0.3) is 5.91 Å². The summed E-state index contributed by atoms with van der Waals surface area (Å²) >= 11 is 4.81. The summed E-state index contributed by atoms with van der Waals surface area (Å²) in [6.07, 6.45) is 0. The summed E-state index contributed by atoms with van der Waals surface area (Å²) in [7, 11) is 0. The second-order valence-corrected chi connectivity index (χ2v) is 6.35. The van der Waals surface area contributed by atoms with Crippen LogP contribution >= 0.6 is 27.3 Å². The summed E-state index contributed by atoms with van der Waals surface area (Å²) in [5, 5.41) is 0.637. The van der Waals surface area contributed by atoms with E-state index < -0.39 is 0 Å². The molecule has 0 unspecified atom stereocenters. The second kappa shape index (κ2) is 6.76. The number of aromatic nitrogens is 1. The fourth-order valence-corrected chi connectivity index (χ4v) is 2.85. The SMILES string of the molecule is O=C(COc1ccc(Br)cc1)NNc1nc2ccccc2s1. The molecule has 0 aliphatic carbocycles. The van der Waals surface area contributed by atoms with Crippen LogP contribution in [0.3, 0.4) is 0 Å². The first-order valence-electron chi connectivity index (χ1n) is 6.49. The van der Waals surface area contributed by atoms with Gasteiger partial charge in [-0.3, -0.25) is 15.6 Å². The van der Waals surface area contributed by atoms with Crippen molar-refractivity contribution < 1.29 is 9.53 Å². The van der Waals surface area contributed by atoms with E-state index in [4.69, 9.17) is 4.74 Å². The van der Waals surface area contributed by atoms with Crippen molar-refractivity contribution in [3.63, 3.8) is 0 Å². The lowest BCUT2D eigenvalue weighted by Crippen LogP contribution is -2.33. The minimum absolute atomic E-state index is 0.0699. The van der Waals surface area contributed by atoms with Crippen LogP contribution in [0.15, 0.2) is 53.0 Å². The number of hydrogen-bond acceptors (Lipinski definition) is 5. The summed E-state index contributed by atoms with van der Waals surface area (Å²) in [6, 6.07) is 15.1. The molecule has 22 heavy (non-hydrogen) atoms. The number of hydrazine groups is 1. The Labute approximate surface area is 139 Å². The highest BCUT2D eigenvalue weighted by Crippen LogP contribution is 2.24. The van der Waals surface area contributed by atoms with Crippen LogP contribution in [0.1, 0.15) is 0 Å². The fraction of sp³-hybridized carbons (Fsp3) is 0.0667. The Bertz CT molecular complexity index is 756. The molecule has 0 fully saturated rings. The van der Waals surface area contributed by atoms with Crippen LogP contribution in [0.5, 0.6) is 5.75 Å². The molecule has 5 nitrogen and oxygen atoms in total. The molecule has 0 atom stereocenters. The van der Waals surface area contributed by atoms with Crippen molar-refractivity contribution in [1.29, 1.82) is 0 Å². The van der Waals surface area contributed by atoms with Gasteiger partial charge in [0.15, 0.2) is 6.61 Å². The average Bonchev–Trinajstić information content (AvgIpc) is 2.95. The number of anilines is 1. The lowest BCUT2D eigenvalue weighted by atomic mass is 10.3. The third-order valence-electron chi connectivity index (χ3n) is 2.79. The fourth-order valence-electron chi connectivity index (χ4n) is 1.76. The van der Waals surface area contributed by atoms with Gasteiger partial charge in [-0.1, -0.05) is 39.4 Å². The number of amides is 1. The van der Waals surface area contributed by atoms with Crippen molar-refractivity contribution in [2.45, 2.75) is 0 Å². The molecule has 0 saturated heterocycles. The quantitative estimate of drug-likeness (QED) is 0.667. The third kappa shape index (κ3) is 3.75. The predicted molar refractivity (Wildman–Crippen MR) is 91.0 cm³/mol. The van der Waals surface area contributed by atoms with Crippen LogP contribution in [0, 0.1) is 0 Å². The van der Waals surface area contributed by atoms with E-state index in [0.29, 0.717) is 10.9 Å². The van der Waals surface area contributed by atoms with Crippen molar-refractivity contribution in [1.82, 2.24) is 10.4 Å². The van der Waals surface area contributed by atoms with E-state index >= 15 is 0 Å². The lowest BCUT2D eigenvalue weighted by molar-refractivity contribution is -0.122. The van der Waals surface area contributed by atoms with Gasteiger partial charge in [-0.25, -0.2) is 4.98 Å². The summed E-state index contributed by atoms with van der Waals surface area (Å²) in [5.41, 5.74) is 6.26. The lowest BCUT2D eigenvalue weighted by Gasteiger charge is -2.07. The molecule has 0 saturated carbocycles.